The molecule has 0 amide bonds. The summed E-state index contributed by atoms with van der Waals surface area (Å²) in [4.78, 5) is 0. The van der Waals surface area contributed by atoms with Gasteiger partial charge in [0.15, 0.2) is 0 Å². The molecule has 0 aromatic carbocycles. The van der Waals surface area contributed by atoms with Gasteiger partial charge in [-0.05, 0) is 28.6 Å². The van der Waals surface area contributed by atoms with Crippen molar-refractivity contribution in [3.8, 4) is 0 Å². The number of hydrogen-bond acceptors (Lipinski definition) is 1. The Morgan fingerprint density at radius 3 is 2.60 bits per heavy atom. The summed E-state index contributed by atoms with van der Waals surface area (Å²) in [6.07, 6.45) is 7.01. The minimum atomic E-state index is 0.100. The van der Waals surface area contributed by atoms with Crippen LogP contribution >= 0.6 is 0 Å². The second-order valence-electron chi connectivity index (χ2n) is 4.86. The zero-order valence-electron chi connectivity index (χ0n) is 10.2. The third-order valence-corrected chi connectivity index (χ3v) is 3.71. The largest absolute Gasteiger partial charge is 0.300 e. The number of allylic oxidation sites excluding steroid dienone is 5. The molecule has 0 aliphatic heterocycles. The SMILES string of the molecule is C=C1C(=N)C=CC=C1C(C)(C)C(C)CC. The van der Waals surface area contributed by atoms with E-state index in [9.17, 15) is 0 Å². The molecule has 1 heteroatoms. The van der Waals surface area contributed by atoms with E-state index in [4.69, 9.17) is 5.41 Å². The fourth-order valence-corrected chi connectivity index (χ4v) is 1.97. The highest BCUT2D eigenvalue weighted by Crippen LogP contribution is 2.41. The summed E-state index contributed by atoms with van der Waals surface area (Å²) in [6, 6.07) is 0. The highest BCUT2D eigenvalue weighted by Gasteiger charge is 2.31. The van der Waals surface area contributed by atoms with Crippen molar-refractivity contribution in [2.24, 2.45) is 11.3 Å². The predicted octanol–water partition coefficient (Wildman–Crippen LogP) is 4.13. The normalized spacial score (nSPS) is 19.1. The molecule has 0 aromatic rings. The smallest absolute Gasteiger partial charge is 0.0609 e. The molecular formula is C14H21N. The van der Waals surface area contributed by atoms with Crippen molar-refractivity contribution >= 4 is 5.71 Å². The molecular weight excluding hydrogens is 182 g/mol. The molecule has 0 saturated heterocycles. The average Bonchev–Trinajstić information content (AvgIpc) is 2.20. The first kappa shape index (κ1) is 12.0. The maximum Gasteiger partial charge on any atom is 0.0609 e. The van der Waals surface area contributed by atoms with Gasteiger partial charge < -0.3 is 5.41 Å². The fraction of sp³-hybridized carbons (Fsp3) is 0.500. The Kier molecular flexibility index (Phi) is 3.33. The molecule has 0 radical (unpaired) electrons. The van der Waals surface area contributed by atoms with Crippen LogP contribution in [0.5, 0.6) is 0 Å². The summed E-state index contributed by atoms with van der Waals surface area (Å²) in [5, 5.41) is 7.78. The first-order valence-electron chi connectivity index (χ1n) is 5.58. The Morgan fingerprint density at radius 2 is 2.07 bits per heavy atom. The van der Waals surface area contributed by atoms with Gasteiger partial charge in [-0.3, -0.25) is 0 Å². The van der Waals surface area contributed by atoms with Crippen LogP contribution in [0.15, 0.2) is 36.0 Å². The monoisotopic (exact) mass is 203 g/mol. The zero-order chi connectivity index (χ0) is 11.6. The molecule has 0 heterocycles. The van der Waals surface area contributed by atoms with E-state index < -0.39 is 0 Å². The van der Waals surface area contributed by atoms with Crippen LogP contribution in [0.4, 0.5) is 0 Å². The van der Waals surface area contributed by atoms with Gasteiger partial charge >= 0.3 is 0 Å². The lowest BCUT2D eigenvalue weighted by Crippen LogP contribution is -2.27. The fourth-order valence-electron chi connectivity index (χ4n) is 1.97. The Bertz CT molecular complexity index is 342. The van der Waals surface area contributed by atoms with E-state index in [-0.39, 0.29) is 5.41 Å². The average molecular weight is 203 g/mol. The minimum absolute atomic E-state index is 0.100. The molecule has 1 unspecified atom stereocenters. The van der Waals surface area contributed by atoms with E-state index in [1.54, 1.807) is 6.08 Å². The molecule has 0 saturated carbocycles. The first-order chi connectivity index (χ1) is 6.91. The maximum atomic E-state index is 7.78. The van der Waals surface area contributed by atoms with Gasteiger partial charge in [-0.1, -0.05) is 52.8 Å². The van der Waals surface area contributed by atoms with Crippen molar-refractivity contribution in [2.75, 3.05) is 0 Å². The van der Waals surface area contributed by atoms with Gasteiger partial charge in [-0.2, -0.15) is 0 Å². The van der Waals surface area contributed by atoms with E-state index in [0.717, 1.165) is 12.0 Å². The summed E-state index contributed by atoms with van der Waals surface area (Å²) < 4.78 is 0. The lowest BCUT2D eigenvalue weighted by molar-refractivity contribution is 0.283. The van der Waals surface area contributed by atoms with Crippen LogP contribution in [0.25, 0.3) is 0 Å². The number of hydrogen-bond donors (Lipinski definition) is 1. The van der Waals surface area contributed by atoms with E-state index in [0.29, 0.717) is 11.6 Å². The molecule has 1 aliphatic rings. The van der Waals surface area contributed by atoms with Gasteiger partial charge in [-0.25, -0.2) is 0 Å². The first-order valence-corrected chi connectivity index (χ1v) is 5.58. The van der Waals surface area contributed by atoms with E-state index in [2.05, 4.69) is 40.3 Å². The molecule has 0 spiro atoms. The second kappa shape index (κ2) is 4.18. The van der Waals surface area contributed by atoms with Crippen LogP contribution in [0.2, 0.25) is 0 Å². The minimum Gasteiger partial charge on any atom is -0.300 e. The van der Waals surface area contributed by atoms with Crippen molar-refractivity contribution in [3.63, 3.8) is 0 Å². The number of rotatable bonds is 3. The van der Waals surface area contributed by atoms with Crippen molar-refractivity contribution < 1.29 is 0 Å². The maximum absolute atomic E-state index is 7.78. The van der Waals surface area contributed by atoms with Crippen molar-refractivity contribution in [1.82, 2.24) is 0 Å². The molecule has 0 bridgehead atoms. The molecule has 0 aromatic heterocycles. The van der Waals surface area contributed by atoms with Crippen molar-refractivity contribution in [1.29, 1.82) is 5.41 Å². The summed E-state index contributed by atoms with van der Waals surface area (Å²) in [6.45, 7) is 13.0. The molecule has 1 N–H and O–H groups in total. The summed E-state index contributed by atoms with van der Waals surface area (Å²) in [7, 11) is 0. The molecule has 1 atom stereocenters. The second-order valence-corrected chi connectivity index (χ2v) is 4.86. The molecule has 82 valence electrons. The zero-order valence-corrected chi connectivity index (χ0v) is 10.2. The van der Waals surface area contributed by atoms with Crippen LogP contribution in [0.1, 0.15) is 34.1 Å². The van der Waals surface area contributed by atoms with Crippen molar-refractivity contribution in [3.05, 3.63) is 36.0 Å². The highest BCUT2D eigenvalue weighted by atomic mass is 14.4. The topological polar surface area (TPSA) is 23.9 Å². The third kappa shape index (κ3) is 2.11. The van der Waals surface area contributed by atoms with E-state index in [1.165, 1.54) is 5.57 Å². The molecule has 0 fully saturated rings. The molecule has 1 rings (SSSR count). The molecule has 1 aliphatic carbocycles. The number of nitrogens with one attached hydrogen (secondary N) is 1. The van der Waals surface area contributed by atoms with Gasteiger partial charge in [-0.15, -0.1) is 0 Å². The lowest BCUT2D eigenvalue weighted by atomic mass is 9.69. The van der Waals surface area contributed by atoms with E-state index in [1.807, 2.05) is 6.08 Å². The van der Waals surface area contributed by atoms with Crippen LogP contribution in [0.3, 0.4) is 0 Å². The van der Waals surface area contributed by atoms with Crippen LogP contribution in [0, 0.1) is 16.7 Å². The molecule has 15 heavy (non-hydrogen) atoms. The summed E-state index contributed by atoms with van der Waals surface area (Å²) >= 11 is 0. The third-order valence-electron chi connectivity index (χ3n) is 3.71. The Labute approximate surface area is 93.1 Å². The van der Waals surface area contributed by atoms with E-state index >= 15 is 0 Å². The highest BCUT2D eigenvalue weighted by molar-refractivity contribution is 6.10. The van der Waals surface area contributed by atoms with Gasteiger partial charge in [0.05, 0.1) is 5.71 Å². The predicted molar refractivity (Wildman–Crippen MR) is 67.3 cm³/mol. The van der Waals surface area contributed by atoms with Crippen LogP contribution in [-0.4, -0.2) is 5.71 Å². The Balaban J connectivity index is 3.07. The standard InChI is InChI=1S/C14H21N/c1-6-10(2)14(4,5)12-8-7-9-13(15)11(12)3/h7-10,15H,3,6H2,1-2,4-5H3. The van der Waals surface area contributed by atoms with Gasteiger partial charge in [0.1, 0.15) is 0 Å². The van der Waals surface area contributed by atoms with Gasteiger partial charge in [0.2, 0.25) is 0 Å². The Morgan fingerprint density at radius 1 is 1.47 bits per heavy atom. The summed E-state index contributed by atoms with van der Waals surface area (Å²) in [5.74, 6) is 0.597. The Hall–Kier alpha value is -1.11. The van der Waals surface area contributed by atoms with Gasteiger partial charge in [0.25, 0.3) is 0 Å². The van der Waals surface area contributed by atoms with Crippen molar-refractivity contribution in [2.45, 2.75) is 34.1 Å². The molecule has 1 nitrogen and oxygen atoms in total. The van der Waals surface area contributed by atoms with Crippen LogP contribution < -0.4 is 0 Å². The summed E-state index contributed by atoms with van der Waals surface area (Å²) in [5.41, 5.74) is 2.74. The quantitative estimate of drug-likeness (QED) is 0.713. The van der Waals surface area contributed by atoms with Crippen LogP contribution in [-0.2, 0) is 0 Å². The van der Waals surface area contributed by atoms with Gasteiger partial charge in [0, 0.05) is 0 Å². The lowest BCUT2D eigenvalue weighted by Gasteiger charge is -2.36.